The van der Waals surface area contributed by atoms with Crippen LogP contribution < -0.4 is 0 Å². The highest BCUT2D eigenvalue weighted by Crippen LogP contribution is 2.32. The van der Waals surface area contributed by atoms with E-state index in [1.165, 1.54) is 5.57 Å². The lowest BCUT2D eigenvalue weighted by molar-refractivity contribution is 0.414. The van der Waals surface area contributed by atoms with Crippen molar-refractivity contribution in [1.29, 1.82) is 0 Å². The molecule has 0 saturated heterocycles. The normalized spacial score (nSPS) is 32.1. The molecule has 0 N–H and O–H groups in total. The van der Waals surface area contributed by atoms with Crippen LogP contribution in [-0.2, 0) is 0 Å². The predicted molar refractivity (Wildman–Crippen MR) is 64.3 cm³/mol. The molecule has 80 valence electrons. The largest absolute Gasteiger partial charge is 0.309 e. The van der Waals surface area contributed by atoms with E-state index in [1.807, 2.05) is 13.0 Å². The minimum Gasteiger partial charge on any atom is -0.309 e. The molecule has 3 heteroatoms. The molecule has 0 fully saturated rings. The second-order valence-corrected chi connectivity index (χ2v) is 5.47. The van der Waals surface area contributed by atoms with Crippen LogP contribution in [0, 0.1) is 0 Å². The molecule has 0 aromatic heterocycles. The summed E-state index contributed by atoms with van der Waals surface area (Å²) in [6, 6.07) is 0. The lowest BCUT2D eigenvalue weighted by atomic mass is 9.95. The fourth-order valence-electron chi connectivity index (χ4n) is 1.29. The van der Waals surface area contributed by atoms with E-state index in [2.05, 4.69) is 31.1 Å². The van der Waals surface area contributed by atoms with Crippen LogP contribution in [0.2, 0.25) is 0 Å². The van der Waals surface area contributed by atoms with Crippen molar-refractivity contribution in [3.05, 3.63) is 23.8 Å². The molecular weight excluding hydrogens is 217 g/mol. The topological polar surface area (TPSA) is 3.24 Å². The average Bonchev–Trinajstić information content (AvgIpc) is 2.07. The summed E-state index contributed by atoms with van der Waals surface area (Å²) in [6.07, 6.45) is 7.14. The third kappa shape index (κ3) is 3.30. The van der Waals surface area contributed by atoms with Crippen molar-refractivity contribution >= 4 is 23.2 Å². The molecule has 0 amide bonds. The summed E-state index contributed by atoms with van der Waals surface area (Å²) in [6.45, 7) is 2.97. The van der Waals surface area contributed by atoms with Crippen LogP contribution in [0.4, 0.5) is 0 Å². The first-order chi connectivity index (χ1) is 6.42. The van der Waals surface area contributed by atoms with Gasteiger partial charge in [0.05, 0.1) is 10.3 Å². The maximum atomic E-state index is 6.18. The highest BCUT2D eigenvalue weighted by Gasteiger charge is 2.28. The Morgan fingerprint density at radius 3 is 2.64 bits per heavy atom. The van der Waals surface area contributed by atoms with Crippen molar-refractivity contribution < 1.29 is 0 Å². The summed E-state index contributed by atoms with van der Waals surface area (Å²) >= 11 is 12.3. The third-order valence-corrected chi connectivity index (χ3v) is 3.42. The Morgan fingerprint density at radius 2 is 2.14 bits per heavy atom. The summed E-state index contributed by atoms with van der Waals surface area (Å²) in [4.78, 5) is 1.73. The number of hydrogen-bond acceptors (Lipinski definition) is 1. The predicted octanol–water partition coefficient (Wildman–Crippen LogP) is 3.04. The zero-order valence-electron chi connectivity index (χ0n) is 8.93. The third-order valence-electron chi connectivity index (χ3n) is 2.37. The number of nitrogens with zero attached hydrogens (tertiary/aromatic N) is 1. The van der Waals surface area contributed by atoms with E-state index >= 15 is 0 Å². The SMILES string of the molecule is CN(C)CCC1=CC(Cl)C(C)(Cl)C=C1. The van der Waals surface area contributed by atoms with E-state index in [4.69, 9.17) is 23.2 Å². The Balaban J connectivity index is 2.55. The lowest BCUT2D eigenvalue weighted by Gasteiger charge is -2.26. The molecule has 1 rings (SSSR count). The first-order valence-electron chi connectivity index (χ1n) is 4.79. The van der Waals surface area contributed by atoms with Gasteiger partial charge in [-0.15, -0.1) is 23.2 Å². The summed E-state index contributed by atoms with van der Waals surface area (Å²) < 4.78 is 0. The molecule has 0 radical (unpaired) electrons. The van der Waals surface area contributed by atoms with Gasteiger partial charge in [-0.3, -0.25) is 0 Å². The van der Waals surface area contributed by atoms with Gasteiger partial charge >= 0.3 is 0 Å². The van der Waals surface area contributed by atoms with Gasteiger partial charge in [-0.1, -0.05) is 18.2 Å². The van der Waals surface area contributed by atoms with Gasteiger partial charge in [-0.2, -0.15) is 0 Å². The monoisotopic (exact) mass is 233 g/mol. The Hall–Kier alpha value is 0.0200. The molecule has 0 saturated carbocycles. The van der Waals surface area contributed by atoms with Gasteiger partial charge in [0.25, 0.3) is 0 Å². The van der Waals surface area contributed by atoms with Crippen molar-refractivity contribution in [3.8, 4) is 0 Å². The minimum atomic E-state index is -0.427. The number of alkyl halides is 2. The van der Waals surface area contributed by atoms with E-state index in [0.717, 1.165) is 13.0 Å². The fraction of sp³-hybridized carbons (Fsp3) is 0.636. The number of rotatable bonds is 3. The average molecular weight is 234 g/mol. The molecule has 1 aliphatic carbocycles. The smallest absolute Gasteiger partial charge is 0.0799 e. The summed E-state index contributed by atoms with van der Waals surface area (Å²) in [5.41, 5.74) is 1.27. The van der Waals surface area contributed by atoms with Crippen molar-refractivity contribution in [1.82, 2.24) is 4.90 Å². The van der Waals surface area contributed by atoms with E-state index < -0.39 is 4.87 Å². The Bertz CT molecular complexity index is 254. The van der Waals surface area contributed by atoms with E-state index in [-0.39, 0.29) is 5.38 Å². The molecule has 0 spiro atoms. The molecule has 0 bridgehead atoms. The van der Waals surface area contributed by atoms with Crippen molar-refractivity contribution in [3.63, 3.8) is 0 Å². The molecular formula is C11H17Cl2N. The molecule has 0 aromatic rings. The van der Waals surface area contributed by atoms with E-state index in [0.29, 0.717) is 0 Å². The molecule has 0 heterocycles. The van der Waals surface area contributed by atoms with Gasteiger partial charge in [0.2, 0.25) is 0 Å². The Kier molecular flexibility index (Phi) is 4.05. The minimum absolute atomic E-state index is 0.105. The summed E-state index contributed by atoms with van der Waals surface area (Å²) in [7, 11) is 4.13. The lowest BCUT2D eigenvalue weighted by Crippen LogP contribution is -2.28. The Labute approximate surface area is 96.4 Å². The zero-order chi connectivity index (χ0) is 10.8. The van der Waals surface area contributed by atoms with Crippen LogP contribution in [0.1, 0.15) is 13.3 Å². The van der Waals surface area contributed by atoms with Crippen LogP contribution >= 0.6 is 23.2 Å². The Morgan fingerprint density at radius 1 is 1.50 bits per heavy atom. The number of halogens is 2. The second-order valence-electron chi connectivity index (χ2n) is 4.18. The van der Waals surface area contributed by atoms with E-state index in [9.17, 15) is 0 Å². The number of allylic oxidation sites excluding steroid dienone is 3. The van der Waals surface area contributed by atoms with Crippen LogP contribution in [0.3, 0.4) is 0 Å². The van der Waals surface area contributed by atoms with Crippen molar-refractivity contribution in [2.24, 2.45) is 0 Å². The van der Waals surface area contributed by atoms with Crippen molar-refractivity contribution in [2.75, 3.05) is 20.6 Å². The van der Waals surface area contributed by atoms with Gasteiger partial charge in [0.15, 0.2) is 0 Å². The molecule has 0 aromatic carbocycles. The number of hydrogen-bond donors (Lipinski definition) is 0. The standard InChI is InChI=1S/C11H17Cl2N/c1-11(13)6-4-9(8-10(11)12)5-7-14(2)3/h4,6,8,10H,5,7H2,1-3H3. The van der Waals surface area contributed by atoms with Gasteiger partial charge in [-0.05, 0) is 33.0 Å². The highest BCUT2D eigenvalue weighted by molar-refractivity contribution is 6.34. The summed E-state index contributed by atoms with van der Waals surface area (Å²) in [5.74, 6) is 0. The molecule has 2 unspecified atom stereocenters. The maximum absolute atomic E-state index is 6.18. The van der Waals surface area contributed by atoms with Gasteiger partial charge in [-0.25, -0.2) is 0 Å². The molecule has 1 aliphatic rings. The first kappa shape index (κ1) is 12.1. The quantitative estimate of drug-likeness (QED) is 0.678. The van der Waals surface area contributed by atoms with Gasteiger partial charge in [0.1, 0.15) is 0 Å². The molecule has 2 atom stereocenters. The summed E-state index contributed by atoms with van der Waals surface area (Å²) in [5, 5.41) is -0.105. The highest BCUT2D eigenvalue weighted by atomic mass is 35.5. The van der Waals surface area contributed by atoms with Gasteiger partial charge in [0, 0.05) is 6.54 Å². The molecule has 14 heavy (non-hydrogen) atoms. The van der Waals surface area contributed by atoms with Crippen LogP contribution in [-0.4, -0.2) is 35.8 Å². The van der Waals surface area contributed by atoms with E-state index in [1.54, 1.807) is 0 Å². The maximum Gasteiger partial charge on any atom is 0.0799 e. The van der Waals surface area contributed by atoms with Crippen LogP contribution in [0.5, 0.6) is 0 Å². The zero-order valence-corrected chi connectivity index (χ0v) is 10.4. The fourth-order valence-corrected chi connectivity index (χ4v) is 1.65. The van der Waals surface area contributed by atoms with Crippen LogP contribution in [0.15, 0.2) is 23.8 Å². The molecule has 0 aliphatic heterocycles. The molecule has 1 nitrogen and oxygen atoms in total. The van der Waals surface area contributed by atoms with Gasteiger partial charge < -0.3 is 4.90 Å². The van der Waals surface area contributed by atoms with Crippen molar-refractivity contribution in [2.45, 2.75) is 23.6 Å². The van der Waals surface area contributed by atoms with Crippen LogP contribution in [0.25, 0.3) is 0 Å². The second kappa shape index (κ2) is 4.69. The first-order valence-corrected chi connectivity index (χ1v) is 5.61.